The van der Waals surface area contributed by atoms with Crippen molar-refractivity contribution >= 4 is 74.8 Å². The number of anilines is 1. The summed E-state index contributed by atoms with van der Waals surface area (Å²) in [5.74, 6) is -2.14. The molecule has 142 valence electrons. The van der Waals surface area contributed by atoms with Crippen LogP contribution in [-0.4, -0.2) is 40.2 Å². The van der Waals surface area contributed by atoms with Crippen LogP contribution in [0.1, 0.15) is 9.67 Å². The molecule has 0 spiro atoms. The number of amidine groups is 2. The molecular weight excluding hydrogens is 422 g/mol. The van der Waals surface area contributed by atoms with E-state index in [1.54, 1.807) is 41.8 Å². The van der Waals surface area contributed by atoms with Crippen LogP contribution in [0.5, 0.6) is 0 Å². The van der Waals surface area contributed by atoms with Crippen LogP contribution < -0.4 is 10.6 Å². The van der Waals surface area contributed by atoms with Gasteiger partial charge in [-0.15, -0.1) is 11.3 Å². The molecular formula is C17H12ClN5O3S2. The number of thiophene rings is 1. The lowest BCUT2D eigenvalue weighted by atomic mass is 10.3. The summed E-state index contributed by atoms with van der Waals surface area (Å²) in [6.07, 6.45) is 0. The van der Waals surface area contributed by atoms with Crippen LogP contribution in [0.25, 0.3) is 0 Å². The average Bonchev–Trinajstić information content (AvgIpc) is 3.18. The Hall–Kier alpha value is -2.82. The minimum Gasteiger partial charge on any atom is -0.325 e. The maximum absolute atomic E-state index is 12.2. The number of hydrogen-bond donors (Lipinski definition) is 3. The van der Waals surface area contributed by atoms with Gasteiger partial charge < -0.3 is 5.32 Å². The SMILES string of the molecule is N=C1N=C(SCC(=O)Nc2cccc(Cl)c2)NC(=O)C1=NC(=O)c1cccs1. The minimum absolute atomic E-state index is 0.0422. The fraction of sp³-hybridized carbons (Fsp3) is 0.0588. The van der Waals surface area contributed by atoms with Crippen LogP contribution in [0, 0.1) is 5.41 Å². The van der Waals surface area contributed by atoms with Crippen molar-refractivity contribution in [3.63, 3.8) is 0 Å². The first-order valence-corrected chi connectivity index (χ1v) is 10.0. The second-order valence-corrected chi connectivity index (χ2v) is 7.66. The van der Waals surface area contributed by atoms with Crippen molar-refractivity contribution in [1.29, 1.82) is 5.41 Å². The molecule has 2 aromatic rings. The fourth-order valence-corrected chi connectivity index (χ4v) is 3.53. The highest BCUT2D eigenvalue weighted by atomic mass is 35.5. The van der Waals surface area contributed by atoms with E-state index in [4.69, 9.17) is 17.0 Å². The Morgan fingerprint density at radius 1 is 1.32 bits per heavy atom. The number of thioether (sulfide) groups is 1. The van der Waals surface area contributed by atoms with Crippen LogP contribution in [0.4, 0.5) is 5.69 Å². The van der Waals surface area contributed by atoms with Crippen LogP contribution >= 0.6 is 34.7 Å². The Morgan fingerprint density at radius 2 is 2.14 bits per heavy atom. The molecule has 3 rings (SSSR count). The van der Waals surface area contributed by atoms with Gasteiger partial charge in [-0.1, -0.05) is 35.5 Å². The van der Waals surface area contributed by atoms with E-state index in [0.29, 0.717) is 15.6 Å². The monoisotopic (exact) mass is 433 g/mol. The third-order valence-corrected chi connectivity index (χ3v) is 5.23. The molecule has 3 N–H and O–H groups in total. The van der Waals surface area contributed by atoms with Gasteiger partial charge in [-0.05, 0) is 29.6 Å². The maximum atomic E-state index is 12.2. The fourth-order valence-electron chi connectivity index (χ4n) is 2.07. The summed E-state index contributed by atoms with van der Waals surface area (Å²) in [6.45, 7) is 0. The van der Waals surface area contributed by atoms with Gasteiger partial charge in [-0.3, -0.25) is 25.1 Å². The number of aliphatic imine (C=N–C) groups is 2. The van der Waals surface area contributed by atoms with E-state index in [-0.39, 0.29) is 22.5 Å². The summed E-state index contributed by atoms with van der Waals surface area (Å²) >= 11 is 7.99. The van der Waals surface area contributed by atoms with Crippen molar-refractivity contribution in [3.05, 3.63) is 51.7 Å². The maximum Gasteiger partial charge on any atom is 0.287 e. The molecule has 0 unspecified atom stereocenters. The quantitative estimate of drug-likeness (QED) is 0.685. The number of halogens is 1. The molecule has 0 radical (unpaired) electrons. The van der Waals surface area contributed by atoms with Crippen LogP contribution in [0.2, 0.25) is 5.02 Å². The number of amides is 3. The van der Waals surface area contributed by atoms with Crippen molar-refractivity contribution < 1.29 is 14.4 Å². The topological polar surface area (TPSA) is 124 Å². The molecule has 3 amide bonds. The molecule has 28 heavy (non-hydrogen) atoms. The Labute approximate surface area is 172 Å². The van der Waals surface area contributed by atoms with Gasteiger partial charge in [0, 0.05) is 10.7 Å². The number of nitrogens with one attached hydrogen (secondary N) is 3. The van der Waals surface area contributed by atoms with Gasteiger partial charge in [0.1, 0.15) is 0 Å². The summed E-state index contributed by atoms with van der Waals surface area (Å²) in [7, 11) is 0. The third kappa shape index (κ3) is 5.12. The van der Waals surface area contributed by atoms with E-state index in [1.807, 2.05) is 0 Å². The average molecular weight is 434 g/mol. The molecule has 8 nitrogen and oxygen atoms in total. The van der Waals surface area contributed by atoms with E-state index in [1.165, 1.54) is 11.3 Å². The number of rotatable bonds is 4. The van der Waals surface area contributed by atoms with E-state index in [0.717, 1.165) is 11.8 Å². The predicted octanol–water partition coefficient (Wildman–Crippen LogP) is 2.82. The zero-order valence-corrected chi connectivity index (χ0v) is 16.5. The standard InChI is InChI=1S/C17H12ClN5O3S2/c18-9-3-1-4-10(7-9)20-12(24)8-28-17-22-14(19)13(16(26)23-17)21-15(25)11-5-2-6-27-11/h1-7H,8H2,(H,20,24)(H2,19,22,23,26). The number of carbonyl (C=O) groups excluding carboxylic acids is 3. The first-order chi connectivity index (χ1) is 13.4. The number of hydrogen-bond acceptors (Lipinski definition) is 6. The lowest BCUT2D eigenvalue weighted by Crippen LogP contribution is -2.43. The molecule has 11 heteroatoms. The highest BCUT2D eigenvalue weighted by Crippen LogP contribution is 2.16. The zero-order chi connectivity index (χ0) is 20.1. The molecule has 0 aliphatic carbocycles. The molecule has 0 atom stereocenters. The largest absolute Gasteiger partial charge is 0.325 e. The minimum atomic E-state index is -0.720. The van der Waals surface area contributed by atoms with Gasteiger partial charge in [0.25, 0.3) is 11.8 Å². The molecule has 1 aliphatic rings. The first-order valence-electron chi connectivity index (χ1n) is 7.76. The van der Waals surface area contributed by atoms with Gasteiger partial charge in [0.15, 0.2) is 16.7 Å². The van der Waals surface area contributed by atoms with E-state index >= 15 is 0 Å². The van der Waals surface area contributed by atoms with Gasteiger partial charge in [-0.2, -0.15) is 4.99 Å². The van der Waals surface area contributed by atoms with Crippen molar-refractivity contribution in [1.82, 2.24) is 5.32 Å². The highest BCUT2D eigenvalue weighted by Gasteiger charge is 2.26. The molecule has 0 bridgehead atoms. The number of nitrogens with zero attached hydrogens (tertiary/aromatic N) is 2. The Morgan fingerprint density at radius 3 is 2.82 bits per heavy atom. The molecule has 0 saturated carbocycles. The molecule has 1 aromatic carbocycles. The lowest BCUT2D eigenvalue weighted by Gasteiger charge is -2.14. The smallest absolute Gasteiger partial charge is 0.287 e. The normalized spacial score (nSPS) is 15.2. The van der Waals surface area contributed by atoms with Crippen molar-refractivity contribution in [2.24, 2.45) is 9.98 Å². The second kappa shape index (κ2) is 8.91. The van der Waals surface area contributed by atoms with Crippen molar-refractivity contribution in [2.75, 3.05) is 11.1 Å². The van der Waals surface area contributed by atoms with E-state index in [9.17, 15) is 14.4 Å². The summed E-state index contributed by atoms with van der Waals surface area (Å²) in [6, 6.07) is 9.95. The van der Waals surface area contributed by atoms with Gasteiger partial charge in [-0.25, -0.2) is 4.99 Å². The molecule has 1 aromatic heterocycles. The van der Waals surface area contributed by atoms with Gasteiger partial charge in [0.2, 0.25) is 5.91 Å². The van der Waals surface area contributed by atoms with Crippen LogP contribution in [-0.2, 0) is 9.59 Å². The van der Waals surface area contributed by atoms with Crippen LogP contribution in [0.3, 0.4) is 0 Å². The molecule has 0 saturated heterocycles. The highest BCUT2D eigenvalue weighted by molar-refractivity contribution is 8.14. The zero-order valence-electron chi connectivity index (χ0n) is 14.1. The van der Waals surface area contributed by atoms with E-state index < -0.39 is 17.6 Å². The Kier molecular flexibility index (Phi) is 6.34. The van der Waals surface area contributed by atoms with E-state index in [2.05, 4.69) is 20.6 Å². The molecule has 1 aliphatic heterocycles. The summed E-state index contributed by atoms with van der Waals surface area (Å²) < 4.78 is 0. The van der Waals surface area contributed by atoms with Crippen molar-refractivity contribution in [3.8, 4) is 0 Å². The second-order valence-electron chi connectivity index (χ2n) is 5.31. The Bertz CT molecular complexity index is 1020. The predicted molar refractivity (Wildman–Crippen MR) is 112 cm³/mol. The number of carbonyl (C=O) groups is 3. The third-order valence-electron chi connectivity index (χ3n) is 3.27. The first kappa shape index (κ1) is 19.9. The van der Waals surface area contributed by atoms with Crippen LogP contribution in [0.15, 0.2) is 51.8 Å². The summed E-state index contributed by atoms with van der Waals surface area (Å²) in [5.41, 5.74) is 0.174. The lowest BCUT2D eigenvalue weighted by molar-refractivity contribution is -0.114. The van der Waals surface area contributed by atoms with Gasteiger partial charge in [0.05, 0.1) is 10.6 Å². The van der Waals surface area contributed by atoms with Crippen molar-refractivity contribution in [2.45, 2.75) is 0 Å². The number of benzene rings is 1. The Balaban J connectivity index is 1.60. The summed E-state index contributed by atoms with van der Waals surface area (Å²) in [4.78, 5) is 44.1. The molecule has 2 heterocycles. The summed E-state index contributed by atoms with van der Waals surface area (Å²) in [5, 5.41) is 15.2. The van der Waals surface area contributed by atoms with Gasteiger partial charge >= 0.3 is 0 Å². The molecule has 0 fully saturated rings.